The van der Waals surface area contributed by atoms with E-state index in [1.54, 1.807) is 0 Å². The van der Waals surface area contributed by atoms with Crippen molar-refractivity contribution in [3.8, 4) is 0 Å². The molecule has 13 heteroatoms. The van der Waals surface area contributed by atoms with Gasteiger partial charge in [0.25, 0.3) is 0 Å². The van der Waals surface area contributed by atoms with Gasteiger partial charge in [0, 0.05) is 0 Å². The van der Waals surface area contributed by atoms with Crippen LogP contribution in [-0.4, -0.2) is 80.4 Å². The van der Waals surface area contributed by atoms with E-state index in [0.717, 1.165) is 0 Å². The first-order chi connectivity index (χ1) is 3.71. The van der Waals surface area contributed by atoms with Crippen molar-refractivity contribution in [2.75, 3.05) is 0 Å². The molecule has 0 aliphatic rings. The van der Waals surface area contributed by atoms with Crippen LogP contribution in [0.5, 0.6) is 0 Å². The molecule has 0 saturated heterocycles. The van der Waals surface area contributed by atoms with Gasteiger partial charge in [-0.3, -0.25) is 0 Å². The second-order valence-electron chi connectivity index (χ2n) is 1.06. The summed E-state index contributed by atoms with van der Waals surface area (Å²) in [6.45, 7) is 0. The van der Waals surface area contributed by atoms with Crippen LogP contribution in [0.1, 0.15) is 5.71 Å². The maximum absolute atomic E-state index is 9.63. The number of hydrogen-bond donors (Lipinski definition) is 6. The molecule has 0 aromatic rings. The van der Waals surface area contributed by atoms with Crippen LogP contribution in [0.4, 0.5) is 0 Å². The molecule has 10 N–H and O–H groups in total. The molecule has 0 radical (unpaired) electrons. The Bertz CT molecular complexity index is 178. The van der Waals surface area contributed by atoms with Crippen molar-refractivity contribution in [1.29, 1.82) is 0 Å². The van der Waals surface area contributed by atoms with Gasteiger partial charge in [0.1, 0.15) is 0 Å². The maximum Gasteiger partial charge on any atom is 2.00 e. The molecule has 0 heterocycles. The van der Waals surface area contributed by atoms with Gasteiger partial charge in [-0.05, 0) is 0 Å². The van der Waals surface area contributed by atoms with E-state index in [4.69, 9.17) is 19.6 Å². The number of phosphoric acid groups is 2. The van der Waals surface area contributed by atoms with E-state index in [1.165, 1.54) is 0 Å². The summed E-state index contributed by atoms with van der Waals surface area (Å²) >= 11 is 0. The standard InChI is InChI=1S/Ca.Mg.2H3N.H4O7P2.4H/c;;;;1-8(2,3)7-9(4,5)6;;;;/h;;2*1H3;(H2,1,2,3)(H2,4,5,6);;;;/q2*+2;;;;4*-1. The topological polar surface area (TPSA) is 194 Å². The van der Waals surface area contributed by atoms with Gasteiger partial charge in [0.05, 0.1) is 0 Å². The summed E-state index contributed by atoms with van der Waals surface area (Å²) in [5, 5.41) is 0. The minimum absolute atomic E-state index is 0. The second-order valence-corrected chi connectivity index (χ2v) is 3.68. The molecular formula is H14CaMgN2O7P2. The maximum atomic E-state index is 9.63. The van der Waals surface area contributed by atoms with E-state index in [0.29, 0.717) is 0 Å². The quantitative estimate of drug-likeness (QED) is 0.277. The fourth-order valence-corrected chi connectivity index (χ4v) is 1.25. The van der Waals surface area contributed by atoms with Gasteiger partial charge in [0.15, 0.2) is 0 Å². The molecule has 0 bridgehead atoms. The summed E-state index contributed by atoms with van der Waals surface area (Å²) in [6.07, 6.45) is 0. The molecule has 13 heavy (non-hydrogen) atoms. The van der Waals surface area contributed by atoms with E-state index < -0.39 is 15.6 Å². The van der Waals surface area contributed by atoms with Crippen molar-refractivity contribution in [2.24, 2.45) is 0 Å². The van der Waals surface area contributed by atoms with Crippen molar-refractivity contribution in [1.82, 2.24) is 12.3 Å². The van der Waals surface area contributed by atoms with Crippen molar-refractivity contribution >= 4 is 76.4 Å². The van der Waals surface area contributed by atoms with Gasteiger partial charge in [-0.25, -0.2) is 9.13 Å². The Morgan fingerprint density at radius 1 is 0.923 bits per heavy atom. The smallest absolute Gasteiger partial charge is 1.00 e. The summed E-state index contributed by atoms with van der Waals surface area (Å²) in [5.74, 6) is 0. The first kappa shape index (κ1) is 29.5. The van der Waals surface area contributed by atoms with Crippen molar-refractivity contribution in [2.45, 2.75) is 0 Å². The van der Waals surface area contributed by atoms with Crippen molar-refractivity contribution in [3.63, 3.8) is 0 Å². The Kier molecular flexibility index (Phi) is 24.3. The average molecular weight is 280 g/mol. The fraction of sp³-hybridized carbons (Fsp3) is 0. The Morgan fingerprint density at radius 2 is 1.08 bits per heavy atom. The molecule has 0 unspecified atom stereocenters. The Hall–Kier alpha value is 2.21. The van der Waals surface area contributed by atoms with Crippen LogP contribution in [0.25, 0.3) is 0 Å². The van der Waals surface area contributed by atoms with E-state index >= 15 is 0 Å². The average Bonchev–Trinajstić information content (AvgIpc) is 1.14. The third-order valence-electron chi connectivity index (χ3n) is 0.213. The summed E-state index contributed by atoms with van der Waals surface area (Å²) in [7, 11) is -10.1. The van der Waals surface area contributed by atoms with Gasteiger partial charge in [-0.15, -0.1) is 0 Å². The van der Waals surface area contributed by atoms with Crippen LogP contribution in [0.2, 0.25) is 0 Å². The normalized spacial score (nSPS) is 9.54. The molecule has 0 aromatic heterocycles. The van der Waals surface area contributed by atoms with Gasteiger partial charge < -0.3 is 37.6 Å². The number of rotatable bonds is 2. The molecule has 0 aromatic carbocycles. The van der Waals surface area contributed by atoms with Crippen LogP contribution < -0.4 is 12.3 Å². The zero-order chi connectivity index (χ0) is 7.71. The minimum atomic E-state index is -5.05. The fourth-order valence-electron chi connectivity index (χ4n) is 0.139. The summed E-state index contributed by atoms with van der Waals surface area (Å²) < 4.78 is 22.2. The summed E-state index contributed by atoms with van der Waals surface area (Å²) in [4.78, 5) is 31.0. The van der Waals surface area contributed by atoms with Gasteiger partial charge in [0.2, 0.25) is 0 Å². The van der Waals surface area contributed by atoms with E-state index in [-0.39, 0.29) is 78.8 Å². The predicted molar refractivity (Wildman–Crippen MR) is 51.2 cm³/mol. The first-order valence-electron chi connectivity index (χ1n) is 1.53. The van der Waals surface area contributed by atoms with Crippen molar-refractivity contribution < 1.29 is 38.7 Å². The SMILES string of the molecule is N.N.O=P(O)(O)OP(=O)(O)O.[Ca+2].[H-].[H-].[H-].[H-].[Mg+2]. The second kappa shape index (κ2) is 10.7. The Morgan fingerprint density at radius 3 is 1.08 bits per heavy atom. The van der Waals surface area contributed by atoms with Crippen LogP contribution >= 0.6 is 15.6 Å². The molecular weight excluding hydrogens is 266 g/mol. The predicted octanol–water partition coefficient (Wildman–Crippen LogP) is -0.799. The molecule has 0 rings (SSSR count). The van der Waals surface area contributed by atoms with E-state index in [9.17, 15) is 9.13 Å². The van der Waals surface area contributed by atoms with E-state index in [1.807, 2.05) is 0 Å². The monoisotopic (exact) mass is 280 g/mol. The molecule has 80 valence electrons. The minimum Gasteiger partial charge on any atom is -1.00 e. The summed E-state index contributed by atoms with van der Waals surface area (Å²) in [5.41, 5.74) is 0. The van der Waals surface area contributed by atoms with Crippen LogP contribution in [-0.2, 0) is 13.4 Å². The Labute approximate surface area is 126 Å². The molecule has 0 aliphatic carbocycles. The largest absolute Gasteiger partial charge is 2.00 e. The third kappa shape index (κ3) is 31.4. The molecule has 9 nitrogen and oxygen atoms in total. The first-order valence-corrected chi connectivity index (χ1v) is 4.59. The third-order valence-corrected chi connectivity index (χ3v) is 1.91. The summed E-state index contributed by atoms with van der Waals surface area (Å²) in [6, 6.07) is 0. The molecule has 0 aliphatic heterocycles. The van der Waals surface area contributed by atoms with Crippen LogP contribution in [0.15, 0.2) is 0 Å². The molecule has 0 amide bonds. The van der Waals surface area contributed by atoms with Gasteiger partial charge >= 0.3 is 76.4 Å². The van der Waals surface area contributed by atoms with Crippen LogP contribution in [0.3, 0.4) is 0 Å². The van der Waals surface area contributed by atoms with E-state index in [2.05, 4.69) is 4.31 Å². The zero-order valence-corrected chi connectivity index (χ0v) is 12.1. The molecule has 0 atom stereocenters. The molecule has 0 fully saturated rings. The number of hydrogen-bond acceptors (Lipinski definition) is 5. The Balaban J connectivity index is -0.0000000114. The van der Waals surface area contributed by atoms with Crippen molar-refractivity contribution in [3.05, 3.63) is 0 Å². The zero-order valence-electron chi connectivity index (χ0n) is 10.7. The molecule has 0 saturated carbocycles. The molecule has 0 spiro atoms. The van der Waals surface area contributed by atoms with Gasteiger partial charge in [-0.2, -0.15) is 4.31 Å². The van der Waals surface area contributed by atoms with Gasteiger partial charge in [-0.1, -0.05) is 0 Å². The van der Waals surface area contributed by atoms with Crippen LogP contribution in [0, 0.1) is 0 Å².